The lowest BCUT2D eigenvalue weighted by molar-refractivity contribution is -0.140. The molecule has 5 heteroatoms. The molecule has 0 saturated heterocycles. The number of carbonyl (C=O) groups is 1. The molecular formula is C10H4F4O. The number of hydrogen-bond donors (Lipinski definition) is 0. The molecule has 1 nitrogen and oxygen atoms in total. The van der Waals surface area contributed by atoms with Crippen LogP contribution in [0, 0.1) is 18.2 Å². The van der Waals surface area contributed by atoms with Crippen molar-refractivity contribution in [3.63, 3.8) is 0 Å². The lowest BCUT2D eigenvalue weighted by atomic mass is 10.1. The average molecular weight is 216 g/mol. The van der Waals surface area contributed by atoms with Gasteiger partial charge in [-0.3, -0.25) is 4.79 Å². The molecule has 0 aliphatic carbocycles. The van der Waals surface area contributed by atoms with Crippen molar-refractivity contribution in [2.45, 2.75) is 6.18 Å². The molecule has 0 radical (unpaired) electrons. The molecule has 1 rings (SSSR count). The number of Topliss-reactive ketones (excluding diaryl/α,β-unsaturated/α-hetero) is 1. The number of terminal acetylenes is 1. The molecule has 0 saturated carbocycles. The van der Waals surface area contributed by atoms with E-state index >= 15 is 0 Å². The third kappa shape index (κ3) is 2.34. The zero-order chi connectivity index (χ0) is 11.6. The number of halogens is 4. The van der Waals surface area contributed by atoms with E-state index in [9.17, 15) is 22.4 Å². The molecule has 1 aromatic rings. The van der Waals surface area contributed by atoms with Crippen molar-refractivity contribution < 1.29 is 22.4 Å². The molecule has 0 fully saturated rings. The first-order valence-electron chi connectivity index (χ1n) is 3.74. The number of carbonyl (C=O) groups excluding carboxylic acids is 1. The van der Waals surface area contributed by atoms with Crippen molar-refractivity contribution >= 4 is 5.78 Å². The van der Waals surface area contributed by atoms with E-state index in [4.69, 9.17) is 6.42 Å². The van der Waals surface area contributed by atoms with Crippen molar-refractivity contribution in [2.75, 3.05) is 0 Å². The molecule has 1 aromatic carbocycles. The lowest BCUT2D eigenvalue weighted by Gasteiger charge is -2.08. The standard InChI is InChI=1S/C10H4F4O/c1-2-9(15)6-3-4-8(11)7(5-6)10(12,13)14/h1,3-5H. The summed E-state index contributed by atoms with van der Waals surface area (Å²) in [5, 5.41) is 0. The highest BCUT2D eigenvalue weighted by atomic mass is 19.4. The zero-order valence-corrected chi connectivity index (χ0v) is 7.23. The minimum atomic E-state index is -4.84. The minimum absolute atomic E-state index is 0.355. The van der Waals surface area contributed by atoms with Gasteiger partial charge in [-0.25, -0.2) is 4.39 Å². The normalized spacial score (nSPS) is 10.9. The Morgan fingerprint density at radius 2 is 1.93 bits per heavy atom. The second-order valence-electron chi connectivity index (χ2n) is 2.67. The van der Waals surface area contributed by atoms with Gasteiger partial charge < -0.3 is 0 Å². The van der Waals surface area contributed by atoms with Crippen LogP contribution in [0.2, 0.25) is 0 Å². The Morgan fingerprint density at radius 3 is 2.40 bits per heavy atom. The summed E-state index contributed by atoms with van der Waals surface area (Å²) >= 11 is 0. The van der Waals surface area contributed by atoms with E-state index in [1.807, 2.05) is 0 Å². The van der Waals surface area contributed by atoms with E-state index in [0.717, 1.165) is 6.07 Å². The summed E-state index contributed by atoms with van der Waals surface area (Å²) in [7, 11) is 0. The molecular weight excluding hydrogens is 212 g/mol. The van der Waals surface area contributed by atoms with Gasteiger partial charge in [-0.05, 0) is 24.1 Å². The van der Waals surface area contributed by atoms with Gasteiger partial charge in [-0.1, -0.05) is 0 Å². The highest BCUT2D eigenvalue weighted by Gasteiger charge is 2.34. The third-order valence-electron chi connectivity index (χ3n) is 1.67. The monoisotopic (exact) mass is 216 g/mol. The number of rotatable bonds is 1. The maximum Gasteiger partial charge on any atom is 0.419 e. The molecule has 15 heavy (non-hydrogen) atoms. The number of alkyl halides is 3. The molecule has 0 atom stereocenters. The summed E-state index contributed by atoms with van der Waals surface area (Å²) in [6.07, 6.45) is -0.112. The van der Waals surface area contributed by atoms with E-state index in [-0.39, 0.29) is 5.56 Å². The molecule has 0 bridgehead atoms. The van der Waals surface area contributed by atoms with Crippen molar-refractivity contribution in [1.82, 2.24) is 0 Å². The Balaban J connectivity index is 3.31. The van der Waals surface area contributed by atoms with Gasteiger partial charge in [-0.15, -0.1) is 6.42 Å². The van der Waals surface area contributed by atoms with Crippen molar-refractivity contribution in [1.29, 1.82) is 0 Å². The van der Waals surface area contributed by atoms with Gasteiger partial charge in [0.15, 0.2) is 0 Å². The first-order valence-corrected chi connectivity index (χ1v) is 3.74. The van der Waals surface area contributed by atoms with Crippen LogP contribution in [0.25, 0.3) is 0 Å². The predicted octanol–water partition coefficient (Wildman–Crippen LogP) is 2.66. The Labute approximate surface area is 82.7 Å². The summed E-state index contributed by atoms with van der Waals surface area (Å²) in [5.41, 5.74) is -1.85. The Kier molecular flexibility index (Phi) is 2.80. The van der Waals surface area contributed by atoms with Crippen LogP contribution in [0.3, 0.4) is 0 Å². The molecule has 0 aromatic heterocycles. The second kappa shape index (κ2) is 3.73. The van der Waals surface area contributed by atoms with E-state index in [0.29, 0.717) is 12.1 Å². The molecule has 0 aliphatic rings. The smallest absolute Gasteiger partial charge is 0.279 e. The molecule has 0 aliphatic heterocycles. The fraction of sp³-hybridized carbons (Fsp3) is 0.100. The van der Waals surface area contributed by atoms with Gasteiger partial charge >= 0.3 is 6.18 Å². The minimum Gasteiger partial charge on any atom is -0.279 e. The number of ketones is 1. The second-order valence-corrected chi connectivity index (χ2v) is 2.67. The van der Waals surface area contributed by atoms with Gasteiger partial charge in [0.1, 0.15) is 5.82 Å². The van der Waals surface area contributed by atoms with Gasteiger partial charge in [0.25, 0.3) is 0 Å². The van der Waals surface area contributed by atoms with E-state index in [1.165, 1.54) is 0 Å². The summed E-state index contributed by atoms with van der Waals surface area (Å²) in [5.74, 6) is -0.700. The molecule has 0 amide bonds. The Morgan fingerprint density at radius 1 is 1.33 bits per heavy atom. The highest BCUT2D eigenvalue weighted by Crippen LogP contribution is 2.31. The lowest BCUT2D eigenvalue weighted by Crippen LogP contribution is -2.10. The van der Waals surface area contributed by atoms with Crippen molar-refractivity contribution in [3.8, 4) is 12.3 Å². The summed E-state index contributed by atoms with van der Waals surface area (Å²) in [6, 6.07) is 1.87. The number of hydrogen-bond acceptors (Lipinski definition) is 1. The summed E-state index contributed by atoms with van der Waals surface area (Å²) in [4.78, 5) is 10.9. The third-order valence-corrected chi connectivity index (χ3v) is 1.67. The van der Waals surface area contributed by atoms with E-state index in [1.54, 1.807) is 5.92 Å². The molecule has 0 unspecified atom stereocenters. The predicted molar refractivity (Wildman–Crippen MR) is 44.6 cm³/mol. The van der Waals surface area contributed by atoms with Gasteiger partial charge in [0.2, 0.25) is 5.78 Å². The van der Waals surface area contributed by atoms with E-state index in [2.05, 4.69) is 0 Å². The maximum absolute atomic E-state index is 12.7. The molecule has 0 N–H and O–H groups in total. The van der Waals surface area contributed by atoms with Crippen LogP contribution in [0.1, 0.15) is 15.9 Å². The van der Waals surface area contributed by atoms with Gasteiger partial charge in [-0.2, -0.15) is 13.2 Å². The fourth-order valence-corrected chi connectivity index (χ4v) is 0.967. The molecule has 0 spiro atoms. The van der Waals surface area contributed by atoms with Crippen LogP contribution >= 0.6 is 0 Å². The number of benzene rings is 1. The summed E-state index contributed by atoms with van der Waals surface area (Å²) < 4.78 is 49.3. The van der Waals surface area contributed by atoms with Gasteiger partial charge in [0, 0.05) is 5.56 Å². The molecule has 0 heterocycles. The average Bonchev–Trinajstić information content (AvgIpc) is 2.15. The van der Waals surface area contributed by atoms with Gasteiger partial charge in [0.05, 0.1) is 5.56 Å². The first-order chi connectivity index (χ1) is 6.86. The van der Waals surface area contributed by atoms with Crippen LogP contribution in [-0.4, -0.2) is 5.78 Å². The van der Waals surface area contributed by atoms with Crippen LogP contribution < -0.4 is 0 Å². The highest BCUT2D eigenvalue weighted by molar-refractivity contribution is 6.08. The van der Waals surface area contributed by atoms with Crippen molar-refractivity contribution in [3.05, 3.63) is 35.1 Å². The molecule has 78 valence electrons. The fourth-order valence-electron chi connectivity index (χ4n) is 0.967. The van der Waals surface area contributed by atoms with E-state index < -0.39 is 23.3 Å². The topological polar surface area (TPSA) is 17.1 Å². The van der Waals surface area contributed by atoms with Crippen LogP contribution in [0.5, 0.6) is 0 Å². The Hall–Kier alpha value is -1.83. The van der Waals surface area contributed by atoms with Crippen LogP contribution in [-0.2, 0) is 6.18 Å². The largest absolute Gasteiger partial charge is 0.419 e. The first kappa shape index (κ1) is 11.2. The maximum atomic E-state index is 12.7. The van der Waals surface area contributed by atoms with Crippen molar-refractivity contribution in [2.24, 2.45) is 0 Å². The zero-order valence-electron chi connectivity index (χ0n) is 7.23. The quantitative estimate of drug-likeness (QED) is 0.305. The Bertz CT molecular complexity index is 440. The van der Waals surface area contributed by atoms with Crippen LogP contribution in [0.4, 0.5) is 17.6 Å². The summed E-state index contributed by atoms with van der Waals surface area (Å²) in [6.45, 7) is 0. The SMILES string of the molecule is C#CC(=O)c1ccc(F)c(C(F)(F)F)c1. The van der Waals surface area contributed by atoms with Crippen LogP contribution in [0.15, 0.2) is 18.2 Å².